The third kappa shape index (κ3) is 7.47. The van der Waals surface area contributed by atoms with Crippen molar-refractivity contribution in [3.63, 3.8) is 0 Å². The van der Waals surface area contributed by atoms with Gasteiger partial charge in [0.2, 0.25) is 5.91 Å². The van der Waals surface area contributed by atoms with Crippen LogP contribution in [0.3, 0.4) is 0 Å². The summed E-state index contributed by atoms with van der Waals surface area (Å²) in [5.41, 5.74) is 2.63. The van der Waals surface area contributed by atoms with Crippen molar-refractivity contribution in [2.45, 2.75) is 84.5 Å². The smallest absolute Gasteiger partial charge is 0.408 e. The first-order chi connectivity index (χ1) is 17.4. The summed E-state index contributed by atoms with van der Waals surface area (Å²) in [6, 6.07) is 11.1. The van der Waals surface area contributed by atoms with E-state index in [2.05, 4.69) is 10.6 Å². The number of benzene rings is 2. The van der Waals surface area contributed by atoms with E-state index in [4.69, 9.17) is 9.47 Å². The molecule has 3 rings (SSSR count). The number of ether oxygens (including phenoxy) is 2. The Labute approximate surface area is 219 Å². The Morgan fingerprint density at radius 2 is 1.59 bits per heavy atom. The van der Waals surface area contributed by atoms with Gasteiger partial charge in [0.25, 0.3) is 5.91 Å². The molecule has 0 bridgehead atoms. The van der Waals surface area contributed by atoms with Crippen molar-refractivity contribution in [3.05, 3.63) is 59.2 Å². The second-order valence-electron chi connectivity index (χ2n) is 10.7. The number of hydrogen-bond acceptors (Lipinski definition) is 5. The first-order valence-corrected chi connectivity index (χ1v) is 12.7. The second kappa shape index (κ2) is 11.7. The molecule has 0 heterocycles. The van der Waals surface area contributed by atoms with Gasteiger partial charge in [0.05, 0.1) is 7.11 Å². The van der Waals surface area contributed by atoms with E-state index in [-0.39, 0.29) is 17.9 Å². The van der Waals surface area contributed by atoms with Gasteiger partial charge in [-0.25, -0.2) is 4.79 Å². The van der Waals surface area contributed by atoms with Crippen LogP contribution in [0.15, 0.2) is 42.5 Å². The standard InChI is InChI=1S/C29H39N3O5/c1-18-15-19(2)17-21(16-18)25(26(33)31-22-11-13-24(36-7)14-12-22)32(23-9-8-10-23)27(34)20(3)30-28(35)37-29(4,5)6/h11-17,20,23,25H,8-10H2,1-7H3,(H,30,35)(H,31,33). The van der Waals surface area contributed by atoms with Crippen LogP contribution in [0.5, 0.6) is 5.75 Å². The Balaban J connectivity index is 1.96. The molecule has 200 valence electrons. The Bertz CT molecular complexity index is 1100. The second-order valence-corrected chi connectivity index (χ2v) is 10.7. The highest BCUT2D eigenvalue weighted by Crippen LogP contribution is 2.35. The topological polar surface area (TPSA) is 97.0 Å². The summed E-state index contributed by atoms with van der Waals surface area (Å²) in [6.07, 6.45) is 1.89. The minimum atomic E-state index is -0.877. The van der Waals surface area contributed by atoms with Gasteiger partial charge in [0, 0.05) is 11.7 Å². The zero-order valence-corrected chi connectivity index (χ0v) is 22.9. The predicted octanol–water partition coefficient (Wildman–Crippen LogP) is 5.29. The Hall–Kier alpha value is -3.55. The average molecular weight is 510 g/mol. The van der Waals surface area contributed by atoms with Crippen molar-refractivity contribution in [2.24, 2.45) is 0 Å². The fourth-order valence-corrected chi connectivity index (χ4v) is 4.44. The van der Waals surface area contributed by atoms with E-state index in [1.807, 2.05) is 32.0 Å². The minimum absolute atomic E-state index is 0.108. The maximum atomic E-state index is 13.9. The molecule has 8 nitrogen and oxygen atoms in total. The maximum Gasteiger partial charge on any atom is 0.408 e. The summed E-state index contributed by atoms with van der Waals surface area (Å²) in [4.78, 5) is 41.8. The van der Waals surface area contributed by atoms with Gasteiger partial charge >= 0.3 is 6.09 Å². The molecular weight excluding hydrogens is 470 g/mol. The van der Waals surface area contributed by atoms with Gasteiger partial charge in [-0.1, -0.05) is 29.3 Å². The van der Waals surface area contributed by atoms with Crippen molar-refractivity contribution in [2.75, 3.05) is 12.4 Å². The summed E-state index contributed by atoms with van der Waals surface area (Å²) in [6.45, 7) is 10.9. The number of hydrogen-bond donors (Lipinski definition) is 2. The first kappa shape index (κ1) is 28.0. The van der Waals surface area contributed by atoms with E-state index < -0.39 is 23.8 Å². The minimum Gasteiger partial charge on any atom is -0.497 e. The third-order valence-electron chi connectivity index (χ3n) is 6.27. The van der Waals surface area contributed by atoms with Crippen LogP contribution in [0.1, 0.15) is 69.7 Å². The number of rotatable bonds is 8. The maximum absolute atomic E-state index is 13.9. The third-order valence-corrected chi connectivity index (χ3v) is 6.27. The highest BCUT2D eigenvalue weighted by atomic mass is 16.6. The number of anilines is 1. The fourth-order valence-electron chi connectivity index (χ4n) is 4.44. The monoisotopic (exact) mass is 509 g/mol. The van der Waals surface area contributed by atoms with Gasteiger partial charge < -0.3 is 25.0 Å². The molecule has 0 radical (unpaired) electrons. The van der Waals surface area contributed by atoms with Gasteiger partial charge in [-0.05, 0) is 90.6 Å². The number of alkyl carbamates (subject to hydrolysis) is 1. The van der Waals surface area contributed by atoms with E-state index >= 15 is 0 Å². The molecule has 0 aliphatic heterocycles. The first-order valence-electron chi connectivity index (χ1n) is 12.7. The van der Waals surface area contributed by atoms with E-state index in [1.165, 1.54) is 0 Å². The van der Waals surface area contributed by atoms with Crippen molar-refractivity contribution in [1.82, 2.24) is 10.2 Å². The van der Waals surface area contributed by atoms with Crippen LogP contribution in [-0.4, -0.2) is 47.6 Å². The summed E-state index contributed by atoms with van der Waals surface area (Å²) in [7, 11) is 1.58. The molecule has 2 aromatic rings. The summed E-state index contributed by atoms with van der Waals surface area (Å²) in [5, 5.41) is 5.63. The highest BCUT2D eigenvalue weighted by molar-refractivity contribution is 5.99. The van der Waals surface area contributed by atoms with Crippen LogP contribution in [0.4, 0.5) is 10.5 Å². The Kier molecular flexibility index (Phi) is 8.84. The van der Waals surface area contributed by atoms with Crippen LogP contribution in [0, 0.1) is 13.8 Å². The van der Waals surface area contributed by atoms with Crippen LogP contribution >= 0.6 is 0 Å². The zero-order chi connectivity index (χ0) is 27.3. The lowest BCUT2D eigenvalue weighted by Gasteiger charge is -2.43. The van der Waals surface area contributed by atoms with Crippen molar-refractivity contribution < 1.29 is 23.9 Å². The summed E-state index contributed by atoms with van der Waals surface area (Å²) < 4.78 is 10.6. The van der Waals surface area contributed by atoms with Crippen LogP contribution in [-0.2, 0) is 14.3 Å². The number of carbonyl (C=O) groups excluding carboxylic acids is 3. The lowest BCUT2D eigenvalue weighted by molar-refractivity contribution is -0.145. The van der Waals surface area contributed by atoms with E-state index in [0.29, 0.717) is 11.4 Å². The highest BCUT2D eigenvalue weighted by Gasteiger charge is 2.41. The van der Waals surface area contributed by atoms with Gasteiger partial charge in [0.15, 0.2) is 0 Å². The van der Waals surface area contributed by atoms with E-state index in [1.54, 1.807) is 64.0 Å². The lowest BCUT2D eigenvalue weighted by Crippen LogP contribution is -2.56. The largest absolute Gasteiger partial charge is 0.497 e. The molecular formula is C29H39N3O5. The van der Waals surface area contributed by atoms with E-state index in [9.17, 15) is 14.4 Å². The Morgan fingerprint density at radius 1 is 1.00 bits per heavy atom. The number of aryl methyl sites for hydroxylation is 2. The quantitative estimate of drug-likeness (QED) is 0.504. The molecule has 1 saturated carbocycles. The van der Waals surface area contributed by atoms with E-state index in [0.717, 1.165) is 36.0 Å². The average Bonchev–Trinajstić information content (AvgIpc) is 2.75. The van der Waals surface area contributed by atoms with Crippen LogP contribution < -0.4 is 15.4 Å². The van der Waals surface area contributed by atoms with Gasteiger partial charge in [0.1, 0.15) is 23.4 Å². The molecule has 8 heteroatoms. The van der Waals surface area contributed by atoms with Gasteiger partial charge in [-0.2, -0.15) is 0 Å². The fraction of sp³-hybridized carbons (Fsp3) is 0.483. The summed E-state index contributed by atoms with van der Waals surface area (Å²) >= 11 is 0. The molecule has 3 amide bonds. The van der Waals surface area contributed by atoms with Crippen molar-refractivity contribution in [3.8, 4) is 5.75 Å². The molecule has 2 atom stereocenters. The molecule has 2 unspecified atom stereocenters. The molecule has 2 aromatic carbocycles. The van der Waals surface area contributed by atoms with Gasteiger partial charge in [-0.3, -0.25) is 9.59 Å². The van der Waals surface area contributed by atoms with Gasteiger partial charge in [-0.15, -0.1) is 0 Å². The lowest BCUT2D eigenvalue weighted by atomic mass is 9.87. The molecule has 0 aromatic heterocycles. The Morgan fingerprint density at radius 3 is 2.08 bits per heavy atom. The van der Waals surface area contributed by atoms with Crippen molar-refractivity contribution >= 4 is 23.6 Å². The number of carbonyl (C=O) groups is 3. The van der Waals surface area contributed by atoms with Crippen LogP contribution in [0.25, 0.3) is 0 Å². The number of amides is 3. The molecule has 0 spiro atoms. The van der Waals surface area contributed by atoms with Crippen molar-refractivity contribution in [1.29, 1.82) is 0 Å². The zero-order valence-electron chi connectivity index (χ0n) is 22.9. The van der Waals surface area contributed by atoms with Crippen LogP contribution in [0.2, 0.25) is 0 Å². The number of nitrogens with one attached hydrogen (secondary N) is 2. The molecule has 2 N–H and O–H groups in total. The molecule has 1 aliphatic carbocycles. The number of nitrogens with zero attached hydrogens (tertiary/aromatic N) is 1. The summed E-state index contributed by atoms with van der Waals surface area (Å²) in [5.74, 6) is 0.0293. The molecule has 0 saturated heterocycles. The molecule has 1 fully saturated rings. The SMILES string of the molecule is COc1ccc(NC(=O)C(c2cc(C)cc(C)c2)N(C(=O)C(C)NC(=O)OC(C)(C)C)C2CCC2)cc1. The normalized spacial score (nSPS) is 15.1. The molecule has 1 aliphatic rings. The molecule has 37 heavy (non-hydrogen) atoms. The predicted molar refractivity (Wildman–Crippen MR) is 144 cm³/mol. The number of methoxy groups -OCH3 is 1.